The number of nitrogens with zero attached hydrogens (tertiary/aromatic N) is 3. The van der Waals surface area contributed by atoms with Crippen LogP contribution in [0.15, 0.2) is 48.5 Å². The highest BCUT2D eigenvalue weighted by atomic mass is 35.5. The number of amides is 2. The van der Waals surface area contributed by atoms with Crippen molar-refractivity contribution in [3.63, 3.8) is 0 Å². The first-order valence-corrected chi connectivity index (χ1v) is 9.28. The maximum Gasteiger partial charge on any atom is 0.325 e. The Bertz CT molecular complexity index is 889. The number of nitriles is 1. The number of carbonyl (C=O) groups is 2. The second-order valence-corrected chi connectivity index (χ2v) is 6.99. The third-order valence-electron chi connectivity index (χ3n) is 4.70. The van der Waals surface area contributed by atoms with Gasteiger partial charge >= 0.3 is 6.03 Å². The summed E-state index contributed by atoms with van der Waals surface area (Å²) in [5.74, 6) is -0.131. The molecule has 0 bridgehead atoms. The largest absolute Gasteiger partial charge is 0.325 e. The zero-order chi connectivity index (χ0) is 19.4. The first-order chi connectivity index (χ1) is 13.0. The zero-order valence-electron chi connectivity index (χ0n) is 15.1. The first kappa shape index (κ1) is 18.9. The van der Waals surface area contributed by atoms with Crippen LogP contribution in [-0.2, 0) is 0 Å². The highest BCUT2D eigenvalue weighted by Gasteiger charge is 2.38. The van der Waals surface area contributed by atoms with Gasteiger partial charge in [-0.15, -0.1) is 0 Å². The van der Waals surface area contributed by atoms with Crippen LogP contribution < -0.4 is 4.90 Å². The van der Waals surface area contributed by atoms with E-state index < -0.39 is 0 Å². The van der Waals surface area contributed by atoms with E-state index in [1.807, 2.05) is 0 Å². The van der Waals surface area contributed by atoms with E-state index in [-0.39, 0.29) is 24.4 Å². The fourth-order valence-electron chi connectivity index (χ4n) is 3.32. The Morgan fingerprint density at radius 2 is 2.00 bits per heavy atom. The molecule has 0 spiro atoms. The average molecular weight is 382 g/mol. The molecule has 3 rings (SSSR count). The lowest BCUT2D eigenvalue weighted by Crippen LogP contribution is -2.39. The number of carbonyl (C=O) groups excluding carboxylic acids is 2. The topological polar surface area (TPSA) is 64.4 Å². The second-order valence-electron chi connectivity index (χ2n) is 6.56. The summed E-state index contributed by atoms with van der Waals surface area (Å²) in [5.41, 5.74) is 1.78. The Labute approximate surface area is 163 Å². The standard InChI is InChI=1S/C21H20ClN3O2/c1-2-4-19-13-24(18-9-7-15(12-23)8-10-18)21(27)25(19)14-20(26)16-5-3-6-17(22)11-16/h3,5-11,19H,2,4,13-14H2,1H3/t19-/m0/s1. The van der Waals surface area contributed by atoms with E-state index in [0.717, 1.165) is 18.5 Å². The molecule has 6 heteroatoms. The summed E-state index contributed by atoms with van der Waals surface area (Å²) >= 11 is 5.98. The third kappa shape index (κ3) is 4.12. The maximum atomic E-state index is 13.0. The minimum atomic E-state index is -0.187. The van der Waals surface area contributed by atoms with Crippen molar-refractivity contribution in [2.45, 2.75) is 25.8 Å². The first-order valence-electron chi connectivity index (χ1n) is 8.90. The molecule has 1 aliphatic rings. The van der Waals surface area contributed by atoms with Crippen molar-refractivity contribution >= 4 is 29.1 Å². The van der Waals surface area contributed by atoms with Crippen LogP contribution in [0.3, 0.4) is 0 Å². The molecule has 2 aromatic rings. The fourth-order valence-corrected chi connectivity index (χ4v) is 3.51. The van der Waals surface area contributed by atoms with E-state index in [2.05, 4.69) is 13.0 Å². The number of urea groups is 1. The van der Waals surface area contributed by atoms with Crippen molar-refractivity contribution in [1.29, 1.82) is 5.26 Å². The molecule has 0 unspecified atom stereocenters. The lowest BCUT2D eigenvalue weighted by Gasteiger charge is -2.22. The Morgan fingerprint density at radius 3 is 2.63 bits per heavy atom. The van der Waals surface area contributed by atoms with Crippen LogP contribution in [0.25, 0.3) is 0 Å². The number of benzene rings is 2. The van der Waals surface area contributed by atoms with Crippen molar-refractivity contribution in [2.24, 2.45) is 0 Å². The van der Waals surface area contributed by atoms with E-state index >= 15 is 0 Å². The molecular weight excluding hydrogens is 362 g/mol. The van der Waals surface area contributed by atoms with Crippen molar-refractivity contribution in [2.75, 3.05) is 18.0 Å². The van der Waals surface area contributed by atoms with Crippen LogP contribution in [-0.4, -0.2) is 35.8 Å². The molecule has 2 aromatic carbocycles. The van der Waals surface area contributed by atoms with Crippen molar-refractivity contribution in [3.05, 3.63) is 64.7 Å². The van der Waals surface area contributed by atoms with Gasteiger partial charge in [0.05, 0.1) is 24.2 Å². The molecule has 27 heavy (non-hydrogen) atoms. The molecule has 0 aliphatic carbocycles. The predicted molar refractivity (Wildman–Crippen MR) is 105 cm³/mol. The fraction of sp³-hybridized carbons (Fsp3) is 0.286. The number of hydrogen-bond donors (Lipinski definition) is 0. The number of anilines is 1. The van der Waals surface area contributed by atoms with Crippen LogP contribution in [0.1, 0.15) is 35.7 Å². The van der Waals surface area contributed by atoms with Gasteiger partial charge in [0.25, 0.3) is 0 Å². The van der Waals surface area contributed by atoms with Crippen LogP contribution >= 0.6 is 11.6 Å². The highest BCUT2D eigenvalue weighted by molar-refractivity contribution is 6.31. The molecular formula is C21H20ClN3O2. The molecule has 1 fully saturated rings. The van der Waals surface area contributed by atoms with Gasteiger partial charge in [-0.05, 0) is 42.8 Å². The van der Waals surface area contributed by atoms with E-state index in [1.165, 1.54) is 0 Å². The zero-order valence-corrected chi connectivity index (χ0v) is 15.8. The lowest BCUT2D eigenvalue weighted by atomic mass is 10.1. The van der Waals surface area contributed by atoms with E-state index in [1.54, 1.807) is 58.3 Å². The molecule has 1 aliphatic heterocycles. The molecule has 5 nitrogen and oxygen atoms in total. The molecule has 0 radical (unpaired) electrons. The van der Waals surface area contributed by atoms with Gasteiger partial charge in [-0.25, -0.2) is 4.79 Å². The summed E-state index contributed by atoms with van der Waals surface area (Å²) in [4.78, 5) is 29.0. The second kappa shape index (κ2) is 8.24. The van der Waals surface area contributed by atoms with Crippen LogP contribution in [0, 0.1) is 11.3 Å². The number of rotatable bonds is 6. The SMILES string of the molecule is CCC[C@H]1CN(c2ccc(C#N)cc2)C(=O)N1CC(=O)c1cccc(Cl)c1. The third-order valence-corrected chi connectivity index (χ3v) is 4.94. The quantitative estimate of drug-likeness (QED) is 0.692. The van der Waals surface area contributed by atoms with Gasteiger partial charge in [-0.3, -0.25) is 9.69 Å². The van der Waals surface area contributed by atoms with Gasteiger partial charge in [0, 0.05) is 22.8 Å². The Kier molecular flexibility index (Phi) is 5.78. The number of ketones is 1. The van der Waals surface area contributed by atoms with Crippen molar-refractivity contribution < 1.29 is 9.59 Å². The number of halogens is 1. The normalized spacial score (nSPS) is 16.5. The van der Waals surface area contributed by atoms with Crippen molar-refractivity contribution in [3.8, 4) is 6.07 Å². The lowest BCUT2D eigenvalue weighted by molar-refractivity contribution is 0.0935. The molecule has 2 amide bonds. The van der Waals surface area contributed by atoms with Gasteiger partial charge in [-0.1, -0.05) is 37.1 Å². The Morgan fingerprint density at radius 1 is 1.26 bits per heavy atom. The molecule has 0 N–H and O–H groups in total. The smallest absolute Gasteiger partial charge is 0.312 e. The summed E-state index contributed by atoms with van der Waals surface area (Å²) in [7, 11) is 0. The van der Waals surface area contributed by atoms with Gasteiger partial charge in [0.1, 0.15) is 0 Å². The summed E-state index contributed by atoms with van der Waals surface area (Å²) in [6.07, 6.45) is 1.74. The minimum absolute atomic E-state index is 0.0244. The van der Waals surface area contributed by atoms with Gasteiger partial charge in [0.15, 0.2) is 5.78 Å². The highest BCUT2D eigenvalue weighted by Crippen LogP contribution is 2.27. The molecule has 1 heterocycles. The molecule has 138 valence electrons. The van der Waals surface area contributed by atoms with E-state index in [0.29, 0.717) is 22.7 Å². The van der Waals surface area contributed by atoms with Crippen LogP contribution in [0.2, 0.25) is 5.02 Å². The maximum absolute atomic E-state index is 13.0. The molecule has 0 saturated carbocycles. The van der Waals surface area contributed by atoms with Gasteiger partial charge in [0.2, 0.25) is 0 Å². The summed E-state index contributed by atoms with van der Waals surface area (Å²) in [6, 6.07) is 15.6. The van der Waals surface area contributed by atoms with Crippen LogP contribution in [0.5, 0.6) is 0 Å². The van der Waals surface area contributed by atoms with Gasteiger partial charge < -0.3 is 4.90 Å². The molecule has 1 saturated heterocycles. The number of Topliss-reactive ketones (excluding diaryl/α,β-unsaturated/α-hetero) is 1. The minimum Gasteiger partial charge on any atom is -0.312 e. The van der Waals surface area contributed by atoms with Gasteiger partial charge in [-0.2, -0.15) is 5.26 Å². The predicted octanol–water partition coefficient (Wildman–Crippen LogP) is 4.51. The Balaban J connectivity index is 1.81. The van der Waals surface area contributed by atoms with Crippen molar-refractivity contribution in [1.82, 2.24) is 4.90 Å². The summed E-state index contributed by atoms with van der Waals surface area (Å²) in [6.45, 7) is 2.61. The summed E-state index contributed by atoms with van der Waals surface area (Å²) in [5, 5.41) is 9.44. The van der Waals surface area contributed by atoms with Crippen LogP contribution in [0.4, 0.5) is 10.5 Å². The monoisotopic (exact) mass is 381 g/mol. The average Bonchev–Trinajstić information content (AvgIpc) is 2.98. The van der Waals surface area contributed by atoms with E-state index in [9.17, 15) is 9.59 Å². The number of hydrogen-bond acceptors (Lipinski definition) is 3. The summed E-state index contributed by atoms with van der Waals surface area (Å²) < 4.78 is 0. The molecule has 0 aromatic heterocycles. The molecule has 1 atom stereocenters. The van der Waals surface area contributed by atoms with E-state index in [4.69, 9.17) is 16.9 Å². The Hall–Kier alpha value is -2.84.